The van der Waals surface area contributed by atoms with Crippen molar-refractivity contribution in [3.8, 4) is 6.07 Å². The smallest absolute Gasteiger partial charge is 0.139 e. The number of H-pyrrole nitrogens is 1. The molecule has 2 aromatic heterocycles. The Morgan fingerprint density at radius 1 is 1.30 bits per heavy atom. The number of nitrogens with one attached hydrogen (secondary N) is 1. The summed E-state index contributed by atoms with van der Waals surface area (Å²) in [6.45, 7) is 2.87. The van der Waals surface area contributed by atoms with Crippen LogP contribution in [-0.4, -0.2) is 22.7 Å². The Kier molecular flexibility index (Phi) is 2.91. The number of fused-ring (bicyclic) bond motifs is 1. The molecule has 0 bridgehead atoms. The average Bonchev–Trinajstić information content (AvgIpc) is 3.22. The normalized spacial score (nSPS) is 20.1. The molecular formula is C18H15N5. The molecule has 0 amide bonds. The zero-order chi connectivity index (χ0) is 15.9. The highest BCUT2D eigenvalue weighted by molar-refractivity contribution is 5.91. The van der Waals surface area contributed by atoms with E-state index in [1.165, 1.54) is 0 Å². The molecule has 0 aliphatic carbocycles. The van der Waals surface area contributed by atoms with Crippen LogP contribution in [-0.2, 0) is 5.41 Å². The molecule has 112 valence electrons. The summed E-state index contributed by atoms with van der Waals surface area (Å²) in [4.78, 5) is 7.45. The van der Waals surface area contributed by atoms with Crippen LogP contribution in [0.5, 0.6) is 0 Å². The Balaban J connectivity index is 1.70. The van der Waals surface area contributed by atoms with Crippen molar-refractivity contribution >= 4 is 22.9 Å². The third-order valence-electron chi connectivity index (χ3n) is 4.33. The van der Waals surface area contributed by atoms with Gasteiger partial charge < -0.3 is 4.98 Å². The molecule has 1 N–H and O–H groups in total. The lowest BCUT2D eigenvalue weighted by atomic mass is 9.83. The zero-order valence-corrected chi connectivity index (χ0v) is 12.7. The second kappa shape index (κ2) is 4.96. The Morgan fingerprint density at radius 3 is 3.09 bits per heavy atom. The molecule has 0 saturated carbocycles. The molecule has 0 saturated heterocycles. The summed E-state index contributed by atoms with van der Waals surface area (Å²) < 4.78 is 0. The number of anilines is 1. The van der Waals surface area contributed by atoms with E-state index in [-0.39, 0.29) is 5.41 Å². The number of hydrogen-bond acceptors (Lipinski definition) is 4. The quantitative estimate of drug-likeness (QED) is 0.790. The van der Waals surface area contributed by atoms with Crippen LogP contribution in [0.4, 0.5) is 5.69 Å². The second-order valence-electron chi connectivity index (χ2n) is 5.98. The summed E-state index contributed by atoms with van der Waals surface area (Å²) >= 11 is 0. The lowest BCUT2D eigenvalue weighted by molar-refractivity contribution is 0.668. The standard InChI is InChI=1S/C18H15N5/c1-18(14-4-2-3-13(9-14)10-19)11-22-23(12-18)16-6-8-21-17-15(16)5-7-20-17/h2-9,11H,12H2,1H3,(H,20,21). The van der Waals surface area contributed by atoms with E-state index >= 15 is 0 Å². The van der Waals surface area contributed by atoms with E-state index < -0.39 is 0 Å². The molecule has 23 heavy (non-hydrogen) atoms. The van der Waals surface area contributed by atoms with Crippen LogP contribution in [0.15, 0.2) is 53.9 Å². The number of hydrogen-bond donors (Lipinski definition) is 1. The van der Waals surface area contributed by atoms with Crippen LogP contribution < -0.4 is 5.01 Å². The summed E-state index contributed by atoms with van der Waals surface area (Å²) in [7, 11) is 0. The Bertz CT molecular complexity index is 949. The molecular weight excluding hydrogens is 286 g/mol. The number of pyridine rings is 1. The maximum absolute atomic E-state index is 9.11. The highest BCUT2D eigenvalue weighted by Gasteiger charge is 2.33. The summed E-state index contributed by atoms with van der Waals surface area (Å²) in [6.07, 6.45) is 5.63. The number of aromatic amines is 1. The van der Waals surface area contributed by atoms with E-state index in [9.17, 15) is 0 Å². The number of nitrogens with zero attached hydrogens (tertiary/aromatic N) is 4. The second-order valence-corrected chi connectivity index (χ2v) is 5.98. The highest BCUT2D eigenvalue weighted by Crippen LogP contribution is 2.33. The van der Waals surface area contributed by atoms with E-state index in [0.29, 0.717) is 5.56 Å². The van der Waals surface area contributed by atoms with Gasteiger partial charge in [-0.2, -0.15) is 10.4 Å². The monoisotopic (exact) mass is 301 g/mol. The fourth-order valence-electron chi connectivity index (χ4n) is 3.02. The van der Waals surface area contributed by atoms with Gasteiger partial charge in [-0.25, -0.2) is 4.98 Å². The zero-order valence-electron chi connectivity index (χ0n) is 12.7. The molecule has 1 aromatic carbocycles. The van der Waals surface area contributed by atoms with Gasteiger partial charge >= 0.3 is 0 Å². The molecule has 0 fully saturated rings. The first-order chi connectivity index (χ1) is 11.2. The fraction of sp³-hybridized carbons (Fsp3) is 0.167. The molecule has 5 heteroatoms. The average molecular weight is 301 g/mol. The predicted molar refractivity (Wildman–Crippen MR) is 90.4 cm³/mol. The summed E-state index contributed by atoms with van der Waals surface area (Å²) in [5.41, 5.74) is 3.44. The van der Waals surface area contributed by atoms with Gasteiger partial charge in [-0.15, -0.1) is 0 Å². The predicted octanol–water partition coefficient (Wildman–Crippen LogP) is 3.20. The molecule has 4 rings (SSSR count). The van der Waals surface area contributed by atoms with Crippen LogP contribution in [0.3, 0.4) is 0 Å². The number of benzene rings is 1. The van der Waals surface area contributed by atoms with Crippen molar-refractivity contribution in [3.63, 3.8) is 0 Å². The first-order valence-corrected chi connectivity index (χ1v) is 7.45. The van der Waals surface area contributed by atoms with Gasteiger partial charge in [-0.1, -0.05) is 12.1 Å². The molecule has 0 radical (unpaired) electrons. The van der Waals surface area contributed by atoms with Crippen molar-refractivity contribution in [2.24, 2.45) is 5.10 Å². The number of nitriles is 1. The Labute approximate surface area is 133 Å². The van der Waals surface area contributed by atoms with Crippen molar-refractivity contribution in [2.75, 3.05) is 11.6 Å². The lowest BCUT2D eigenvalue weighted by Crippen LogP contribution is -2.30. The lowest BCUT2D eigenvalue weighted by Gasteiger charge is -2.24. The van der Waals surface area contributed by atoms with Gasteiger partial charge in [0.2, 0.25) is 0 Å². The highest BCUT2D eigenvalue weighted by atomic mass is 15.5. The number of rotatable bonds is 2. The van der Waals surface area contributed by atoms with E-state index in [2.05, 4.69) is 34.1 Å². The Morgan fingerprint density at radius 2 is 2.22 bits per heavy atom. The van der Waals surface area contributed by atoms with Crippen LogP contribution >= 0.6 is 0 Å². The first kappa shape index (κ1) is 13.5. The van der Waals surface area contributed by atoms with E-state index in [1.807, 2.05) is 47.8 Å². The minimum Gasteiger partial charge on any atom is -0.346 e. The fourth-order valence-corrected chi connectivity index (χ4v) is 3.02. The number of hydrazone groups is 1. The maximum Gasteiger partial charge on any atom is 0.139 e. The third kappa shape index (κ3) is 2.16. The van der Waals surface area contributed by atoms with Crippen LogP contribution in [0.1, 0.15) is 18.1 Å². The van der Waals surface area contributed by atoms with Crippen LogP contribution in [0, 0.1) is 11.3 Å². The van der Waals surface area contributed by atoms with Gasteiger partial charge in [0.05, 0.1) is 23.9 Å². The van der Waals surface area contributed by atoms with Crippen molar-refractivity contribution in [1.82, 2.24) is 9.97 Å². The maximum atomic E-state index is 9.11. The SMILES string of the molecule is CC1(c2cccc(C#N)c2)C=NN(c2ccnc3[nH]ccc23)C1. The molecule has 1 aliphatic rings. The van der Waals surface area contributed by atoms with Crippen molar-refractivity contribution in [3.05, 3.63) is 59.9 Å². The Hall–Kier alpha value is -3.13. The third-order valence-corrected chi connectivity index (χ3v) is 4.33. The largest absolute Gasteiger partial charge is 0.346 e. The molecule has 1 unspecified atom stereocenters. The molecule has 0 spiro atoms. The minimum atomic E-state index is -0.223. The van der Waals surface area contributed by atoms with E-state index in [1.54, 1.807) is 6.20 Å². The van der Waals surface area contributed by atoms with E-state index in [0.717, 1.165) is 28.8 Å². The summed E-state index contributed by atoms with van der Waals surface area (Å²) in [5, 5.41) is 16.8. The summed E-state index contributed by atoms with van der Waals surface area (Å²) in [6, 6.07) is 13.9. The molecule has 5 nitrogen and oxygen atoms in total. The molecule has 1 aliphatic heterocycles. The molecule has 3 heterocycles. The molecule has 1 atom stereocenters. The first-order valence-electron chi connectivity index (χ1n) is 7.45. The molecule has 3 aromatic rings. The van der Waals surface area contributed by atoms with Crippen molar-refractivity contribution in [1.29, 1.82) is 5.26 Å². The van der Waals surface area contributed by atoms with Gasteiger partial charge in [0.15, 0.2) is 0 Å². The minimum absolute atomic E-state index is 0.223. The van der Waals surface area contributed by atoms with Gasteiger partial charge in [-0.3, -0.25) is 5.01 Å². The van der Waals surface area contributed by atoms with Gasteiger partial charge in [0.25, 0.3) is 0 Å². The van der Waals surface area contributed by atoms with Crippen LogP contribution in [0.2, 0.25) is 0 Å². The van der Waals surface area contributed by atoms with Crippen LogP contribution in [0.25, 0.3) is 11.0 Å². The topological polar surface area (TPSA) is 68.1 Å². The van der Waals surface area contributed by atoms with Crippen molar-refractivity contribution in [2.45, 2.75) is 12.3 Å². The number of aromatic nitrogens is 2. The van der Waals surface area contributed by atoms with Crippen molar-refractivity contribution < 1.29 is 0 Å². The van der Waals surface area contributed by atoms with Gasteiger partial charge in [-0.05, 0) is 36.8 Å². The van der Waals surface area contributed by atoms with Gasteiger partial charge in [0.1, 0.15) is 5.65 Å². The van der Waals surface area contributed by atoms with E-state index in [4.69, 9.17) is 5.26 Å². The summed E-state index contributed by atoms with van der Waals surface area (Å²) in [5.74, 6) is 0. The van der Waals surface area contributed by atoms with Gasteiger partial charge in [0, 0.05) is 29.4 Å².